The van der Waals surface area contributed by atoms with Crippen molar-refractivity contribution in [3.05, 3.63) is 66.0 Å². The average Bonchev–Trinajstić information content (AvgIpc) is 3.74. The lowest BCUT2D eigenvalue weighted by atomic mass is 9.61. The molecule has 0 atom stereocenters. The van der Waals surface area contributed by atoms with Crippen molar-refractivity contribution in [1.29, 1.82) is 0 Å². The number of rotatable bonds is 8. The van der Waals surface area contributed by atoms with Gasteiger partial charge in [-0.2, -0.15) is 8.78 Å². The number of alkyl halides is 2. The number of imidazole rings is 1. The molecule has 0 radical (unpaired) electrons. The topological polar surface area (TPSA) is 113 Å². The van der Waals surface area contributed by atoms with Gasteiger partial charge >= 0.3 is 0 Å². The number of fused-ring (bicyclic) bond motifs is 1. The predicted octanol–water partition coefficient (Wildman–Crippen LogP) is 4.90. The van der Waals surface area contributed by atoms with Gasteiger partial charge in [-0.05, 0) is 60.9 Å². The van der Waals surface area contributed by atoms with E-state index in [1.54, 1.807) is 24.4 Å². The zero-order valence-electron chi connectivity index (χ0n) is 21.5. The molecular formula is C28H27F2N5O4S. The first kappa shape index (κ1) is 26.3. The summed E-state index contributed by atoms with van der Waals surface area (Å²) in [5.74, 6) is -2.77. The smallest absolute Gasteiger partial charge is 0.295 e. The molecule has 1 saturated heterocycles. The van der Waals surface area contributed by atoms with Crippen molar-refractivity contribution < 1.29 is 27.9 Å². The van der Waals surface area contributed by atoms with Crippen molar-refractivity contribution >= 4 is 40.1 Å². The lowest BCUT2D eigenvalue weighted by Crippen LogP contribution is -2.42. The Morgan fingerprint density at radius 3 is 2.85 bits per heavy atom. The van der Waals surface area contributed by atoms with Crippen LogP contribution < -0.4 is 5.32 Å². The molecule has 2 aliphatic rings. The van der Waals surface area contributed by atoms with Crippen molar-refractivity contribution in [1.82, 2.24) is 19.4 Å². The van der Waals surface area contributed by atoms with Crippen LogP contribution in [0.3, 0.4) is 0 Å². The molecule has 0 bridgehead atoms. The van der Waals surface area contributed by atoms with Crippen LogP contribution in [0.25, 0.3) is 21.7 Å². The van der Waals surface area contributed by atoms with Crippen molar-refractivity contribution in [2.75, 3.05) is 25.0 Å². The van der Waals surface area contributed by atoms with Crippen LogP contribution in [0.1, 0.15) is 34.5 Å². The fraction of sp³-hybridized carbons (Fsp3) is 0.357. The van der Waals surface area contributed by atoms with Crippen LogP contribution in [0.5, 0.6) is 0 Å². The largest absolute Gasteiger partial charge is 0.443 e. The van der Waals surface area contributed by atoms with Gasteiger partial charge < -0.3 is 19.0 Å². The van der Waals surface area contributed by atoms with Crippen molar-refractivity contribution in [2.24, 2.45) is 11.3 Å². The summed E-state index contributed by atoms with van der Waals surface area (Å²) >= 11 is 1.24. The van der Waals surface area contributed by atoms with E-state index in [4.69, 9.17) is 9.52 Å². The summed E-state index contributed by atoms with van der Waals surface area (Å²) in [5, 5.41) is 12.0. The average molecular weight is 568 g/mol. The van der Waals surface area contributed by atoms with E-state index in [1.807, 2.05) is 9.47 Å². The SMILES string of the molecule is C=CC(=O)N1CCC2(CC(Cn3c(NC(=O)c4ccc(-c5cnco5)s4)nc4cc(C(F)(F)CO)ccc43)C2)C1. The molecule has 4 aromatic rings. The van der Waals surface area contributed by atoms with Crippen molar-refractivity contribution in [2.45, 2.75) is 31.7 Å². The molecule has 1 aliphatic heterocycles. The first-order chi connectivity index (χ1) is 19.2. The molecule has 2 fully saturated rings. The third kappa shape index (κ3) is 4.71. The Hall–Kier alpha value is -3.90. The zero-order valence-corrected chi connectivity index (χ0v) is 22.3. The maximum atomic E-state index is 14.2. The quantitative estimate of drug-likeness (QED) is 0.293. The van der Waals surface area contributed by atoms with Crippen LogP contribution in [0.2, 0.25) is 0 Å². The zero-order chi connectivity index (χ0) is 28.1. The van der Waals surface area contributed by atoms with E-state index < -0.39 is 12.5 Å². The molecule has 208 valence electrons. The van der Waals surface area contributed by atoms with Gasteiger partial charge in [0.05, 0.1) is 27.0 Å². The van der Waals surface area contributed by atoms with Crippen LogP contribution >= 0.6 is 11.3 Å². The number of nitrogens with one attached hydrogen (secondary N) is 1. The number of likely N-dealkylation sites (tertiary alicyclic amines) is 1. The van der Waals surface area contributed by atoms with E-state index in [0.717, 1.165) is 24.1 Å². The number of amides is 2. The number of aliphatic hydroxyl groups excluding tert-OH is 1. The summed E-state index contributed by atoms with van der Waals surface area (Å²) in [6.07, 6.45) is 6.98. The molecule has 2 amide bonds. The van der Waals surface area contributed by atoms with Gasteiger partial charge in [0.1, 0.15) is 6.61 Å². The monoisotopic (exact) mass is 567 g/mol. The molecule has 9 nitrogen and oxygen atoms in total. The standard InChI is InChI=1S/C28H27F2N5O4S/c1-2-24(37)34-8-7-27(14-34)10-17(11-27)13-35-20-4-3-18(28(29,30)15-36)9-19(20)32-26(35)33-25(38)23-6-5-22(40-23)21-12-31-16-39-21/h2-6,9,12,16-17,36H,1,7-8,10-11,13-15H2,(H,32,33,38). The highest BCUT2D eigenvalue weighted by molar-refractivity contribution is 7.17. The summed E-state index contributed by atoms with van der Waals surface area (Å²) < 4.78 is 35.6. The number of hydrogen-bond acceptors (Lipinski definition) is 7. The minimum Gasteiger partial charge on any atom is -0.443 e. The van der Waals surface area contributed by atoms with Crippen LogP contribution in [0.15, 0.2) is 60.0 Å². The van der Waals surface area contributed by atoms with Crippen LogP contribution in [0.4, 0.5) is 14.7 Å². The number of hydrogen-bond donors (Lipinski definition) is 2. The summed E-state index contributed by atoms with van der Waals surface area (Å²) in [5.41, 5.74) is 0.637. The third-order valence-corrected chi connectivity index (χ3v) is 9.01. The van der Waals surface area contributed by atoms with Crippen LogP contribution in [0, 0.1) is 11.3 Å². The summed E-state index contributed by atoms with van der Waals surface area (Å²) in [7, 11) is 0. The molecule has 40 heavy (non-hydrogen) atoms. The predicted molar refractivity (Wildman–Crippen MR) is 145 cm³/mol. The number of aromatic nitrogens is 3. The molecular weight excluding hydrogens is 540 g/mol. The van der Waals surface area contributed by atoms with Gasteiger partial charge in [0.2, 0.25) is 11.9 Å². The first-order valence-electron chi connectivity index (χ1n) is 12.9. The fourth-order valence-electron chi connectivity index (χ4n) is 5.96. The number of halogens is 2. The van der Waals surface area contributed by atoms with Gasteiger partial charge in [0, 0.05) is 25.2 Å². The van der Waals surface area contributed by atoms with E-state index in [1.165, 1.54) is 35.9 Å². The molecule has 0 unspecified atom stereocenters. The van der Waals surface area contributed by atoms with Gasteiger partial charge in [0.15, 0.2) is 12.2 Å². The molecule has 1 saturated carbocycles. The third-order valence-electron chi connectivity index (χ3n) is 7.91. The minimum absolute atomic E-state index is 0.0542. The Morgan fingerprint density at radius 2 is 2.12 bits per heavy atom. The van der Waals surface area contributed by atoms with Gasteiger partial charge in [-0.3, -0.25) is 14.9 Å². The molecule has 1 aromatic carbocycles. The highest BCUT2D eigenvalue weighted by Gasteiger charge is 2.49. The van der Waals surface area contributed by atoms with Gasteiger partial charge in [-0.15, -0.1) is 11.3 Å². The Kier molecular flexibility index (Phi) is 6.54. The molecule has 1 spiro atoms. The van der Waals surface area contributed by atoms with Crippen molar-refractivity contribution in [3.63, 3.8) is 0 Å². The molecule has 1 aliphatic carbocycles. The van der Waals surface area contributed by atoms with Crippen LogP contribution in [-0.4, -0.2) is 56.1 Å². The molecule has 3 aromatic heterocycles. The highest BCUT2D eigenvalue weighted by Crippen LogP contribution is 2.52. The summed E-state index contributed by atoms with van der Waals surface area (Å²) in [6.45, 7) is 4.22. The second-order valence-corrected chi connectivity index (χ2v) is 11.7. The molecule has 2 N–H and O–H groups in total. The number of thiophene rings is 1. The van der Waals surface area contributed by atoms with E-state index in [0.29, 0.717) is 41.3 Å². The second-order valence-electron chi connectivity index (χ2n) is 10.6. The van der Waals surface area contributed by atoms with Gasteiger partial charge in [-0.25, -0.2) is 9.97 Å². The summed E-state index contributed by atoms with van der Waals surface area (Å²) in [6, 6.07) is 7.53. The molecule has 6 rings (SSSR count). The van der Waals surface area contributed by atoms with E-state index >= 15 is 0 Å². The lowest BCUT2D eigenvalue weighted by Gasteiger charge is -2.45. The second kappa shape index (κ2) is 9.93. The normalized spacial score (nSPS) is 20.7. The maximum Gasteiger partial charge on any atom is 0.295 e. The molecule has 4 heterocycles. The number of aliphatic hydroxyl groups is 1. The maximum absolute atomic E-state index is 14.2. The summed E-state index contributed by atoms with van der Waals surface area (Å²) in [4.78, 5) is 36.7. The number of carbonyl (C=O) groups excluding carboxylic acids is 2. The first-order valence-corrected chi connectivity index (χ1v) is 13.7. The number of anilines is 1. The lowest BCUT2D eigenvalue weighted by molar-refractivity contribution is -0.125. The number of carbonyl (C=O) groups is 2. The Morgan fingerprint density at radius 1 is 1.30 bits per heavy atom. The van der Waals surface area contributed by atoms with E-state index in [2.05, 4.69) is 21.9 Å². The van der Waals surface area contributed by atoms with E-state index in [-0.39, 0.29) is 34.7 Å². The Labute approximate surface area is 232 Å². The Balaban J connectivity index is 1.26. The highest BCUT2D eigenvalue weighted by atomic mass is 32.1. The van der Waals surface area contributed by atoms with Crippen LogP contribution in [-0.2, 0) is 17.3 Å². The fourth-order valence-corrected chi connectivity index (χ4v) is 6.81. The van der Waals surface area contributed by atoms with Gasteiger partial charge in [0.25, 0.3) is 11.8 Å². The number of nitrogens with zero attached hydrogens (tertiary/aromatic N) is 4. The number of benzene rings is 1. The van der Waals surface area contributed by atoms with Gasteiger partial charge in [-0.1, -0.05) is 12.6 Å². The van der Waals surface area contributed by atoms with E-state index in [9.17, 15) is 18.4 Å². The Bertz CT molecular complexity index is 1590. The molecule has 12 heteroatoms. The van der Waals surface area contributed by atoms with Crippen molar-refractivity contribution in [3.8, 4) is 10.6 Å². The number of oxazole rings is 1. The minimum atomic E-state index is -3.41.